The van der Waals surface area contributed by atoms with Crippen LogP contribution in [0.4, 0.5) is 0 Å². The SMILES string of the molecule is CON(C)C(=O)c1ncn2c1Cc1c(C)nnn1-c1ccccc1-2. The second-order valence-electron chi connectivity index (χ2n) is 5.59. The molecule has 0 saturated carbocycles. The van der Waals surface area contributed by atoms with Crippen LogP contribution in [-0.4, -0.2) is 49.7 Å². The van der Waals surface area contributed by atoms with Crippen molar-refractivity contribution in [1.82, 2.24) is 29.6 Å². The standard InChI is InChI=1S/C16H16N6O2/c1-10-13-8-14-15(16(23)20(2)24-3)17-9-21(14)11-6-4-5-7-12(11)22(13)19-18-10/h4-7,9H,8H2,1-3H3. The van der Waals surface area contributed by atoms with E-state index in [0.717, 1.165) is 28.5 Å². The highest BCUT2D eigenvalue weighted by molar-refractivity contribution is 5.93. The van der Waals surface area contributed by atoms with Crippen molar-refractivity contribution in [3.8, 4) is 11.4 Å². The Bertz CT molecular complexity index is 942. The van der Waals surface area contributed by atoms with Crippen LogP contribution in [0.25, 0.3) is 11.4 Å². The van der Waals surface area contributed by atoms with Crippen LogP contribution < -0.4 is 0 Å². The van der Waals surface area contributed by atoms with Gasteiger partial charge in [-0.25, -0.2) is 14.7 Å². The second-order valence-corrected chi connectivity index (χ2v) is 5.59. The Labute approximate surface area is 138 Å². The molecule has 0 N–H and O–H groups in total. The monoisotopic (exact) mass is 324 g/mol. The summed E-state index contributed by atoms with van der Waals surface area (Å²) in [6, 6.07) is 7.85. The van der Waals surface area contributed by atoms with Crippen LogP contribution in [0.2, 0.25) is 0 Å². The van der Waals surface area contributed by atoms with E-state index in [2.05, 4.69) is 15.3 Å². The number of carbonyl (C=O) groups is 1. The molecule has 0 saturated heterocycles. The van der Waals surface area contributed by atoms with E-state index in [1.165, 1.54) is 12.2 Å². The molecule has 4 rings (SSSR count). The quantitative estimate of drug-likeness (QED) is 0.519. The summed E-state index contributed by atoms with van der Waals surface area (Å²) in [5.74, 6) is -0.290. The van der Waals surface area contributed by atoms with Crippen molar-refractivity contribution in [3.05, 3.63) is 53.4 Å². The molecule has 1 aliphatic rings. The van der Waals surface area contributed by atoms with Gasteiger partial charge in [-0.1, -0.05) is 17.3 Å². The third-order valence-corrected chi connectivity index (χ3v) is 4.29. The molecule has 0 spiro atoms. The van der Waals surface area contributed by atoms with Crippen LogP contribution in [0, 0.1) is 6.92 Å². The van der Waals surface area contributed by atoms with E-state index in [4.69, 9.17) is 4.84 Å². The van der Waals surface area contributed by atoms with Crippen molar-refractivity contribution in [2.24, 2.45) is 0 Å². The smallest absolute Gasteiger partial charge is 0.297 e. The fraction of sp³-hybridized carbons (Fsp3) is 0.250. The van der Waals surface area contributed by atoms with Crippen molar-refractivity contribution in [3.63, 3.8) is 0 Å². The molecule has 2 aromatic heterocycles. The number of hydroxylamine groups is 2. The summed E-state index contributed by atoms with van der Waals surface area (Å²) < 4.78 is 3.76. The molecule has 8 nitrogen and oxygen atoms in total. The zero-order valence-electron chi connectivity index (χ0n) is 13.6. The molecule has 122 valence electrons. The number of benzene rings is 1. The number of fused-ring (bicyclic) bond motifs is 5. The summed E-state index contributed by atoms with van der Waals surface area (Å²) in [5.41, 5.74) is 4.74. The molecular formula is C16H16N6O2. The topological polar surface area (TPSA) is 78.1 Å². The molecule has 1 aliphatic heterocycles. The average molecular weight is 324 g/mol. The van der Waals surface area contributed by atoms with Gasteiger partial charge in [-0.3, -0.25) is 14.2 Å². The summed E-state index contributed by atoms with van der Waals surface area (Å²) in [6.07, 6.45) is 2.17. The predicted molar refractivity (Wildman–Crippen MR) is 85.1 cm³/mol. The molecule has 24 heavy (non-hydrogen) atoms. The largest absolute Gasteiger partial charge is 0.300 e. The molecule has 0 radical (unpaired) electrons. The molecule has 0 aliphatic carbocycles. The number of para-hydroxylation sites is 2. The first-order valence-corrected chi connectivity index (χ1v) is 7.51. The van der Waals surface area contributed by atoms with E-state index in [1.54, 1.807) is 13.4 Å². The summed E-state index contributed by atoms with van der Waals surface area (Å²) in [7, 11) is 3.01. The van der Waals surface area contributed by atoms with Gasteiger partial charge in [-0.05, 0) is 19.1 Å². The predicted octanol–water partition coefficient (Wildman–Crippen LogP) is 1.30. The lowest BCUT2D eigenvalue weighted by molar-refractivity contribution is -0.0760. The number of carbonyl (C=O) groups excluding carboxylic acids is 1. The zero-order valence-corrected chi connectivity index (χ0v) is 13.6. The second kappa shape index (κ2) is 5.27. The Morgan fingerprint density at radius 3 is 2.75 bits per heavy atom. The molecule has 8 heteroatoms. The summed E-state index contributed by atoms with van der Waals surface area (Å²) in [4.78, 5) is 21.9. The minimum atomic E-state index is -0.290. The number of aromatic nitrogens is 5. The van der Waals surface area contributed by atoms with Gasteiger partial charge in [-0.2, -0.15) is 0 Å². The number of nitrogens with zero attached hydrogens (tertiary/aromatic N) is 6. The van der Waals surface area contributed by atoms with Gasteiger partial charge in [0, 0.05) is 13.5 Å². The maximum absolute atomic E-state index is 12.6. The van der Waals surface area contributed by atoms with Crippen molar-refractivity contribution in [1.29, 1.82) is 0 Å². The van der Waals surface area contributed by atoms with Crippen LogP contribution in [0.3, 0.4) is 0 Å². The van der Waals surface area contributed by atoms with Crippen LogP contribution in [-0.2, 0) is 11.3 Å². The van der Waals surface area contributed by atoms with Crippen molar-refractivity contribution in [2.45, 2.75) is 13.3 Å². The lowest BCUT2D eigenvalue weighted by atomic mass is 10.1. The lowest BCUT2D eigenvalue weighted by Gasteiger charge is -2.13. The van der Waals surface area contributed by atoms with E-state index in [-0.39, 0.29) is 5.91 Å². The Balaban J connectivity index is 1.98. The minimum Gasteiger partial charge on any atom is -0.300 e. The highest BCUT2D eigenvalue weighted by atomic mass is 16.7. The first-order chi connectivity index (χ1) is 11.6. The number of rotatable bonds is 2. The first-order valence-electron chi connectivity index (χ1n) is 7.51. The fourth-order valence-corrected chi connectivity index (χ4v) is 2.94. The number of imidazole rings is 1. The third kappa shape index (κ3) is 1.96. The first kappa shape index (κ1) is 14.6. The fourth-order valence-electron chi connectivity index (χ4n) is 2.94. The maximum Gasteiger partial charge on any atom is 0.297 e. The molecule has 3 aromatic rings. The van der Waals surface area contributed by atoms with E-state index in [1.807, 2.05) is 40.4 Å². The van der Waals surface area contributed by atoms with Crippen LogP contribution in [0.1, 0.15) is 27.6 Å². The van der Waals surface area contributed by atoms with Gasteiger partial charge in [-0.15, -0.1) is 5.10 Å². The molecular weight excluding hydrogens is 308 g/mol. The molecule has 3 heterocycles. The highest BCUT2D eigenvalue weighted by Gasteiger charge is 2.28. The number of hydrogen-bond acceptors (Lipinski definition) is 5. The molecule has 0 atom stereocenters. The third-order valence-electron chi connectivity index (χ3n) is 4.29. The van der Waals surface area contributed by atoms with Gasteiger partial charge in [0.15, 0.2) is 5.69 Å². The number of hydrogen-bond donors (Lipinski definition) is 0. The Hall–Kier alpha value is -3.00. The molecule has 0 bridgehead atoms. The van der Waals surface area contributed by atoms with Crippen molar-refractivity contribution in [2.75, 3.05) is 14.2 Å². The number of aryl methyl sites for hydroxylation is 1. The van der Waals surface area contributed by atoms with E-state index >= 15 is 0 Å². The Morgan fingerprint density at radius 2 is 2.00 bits per heavy atom. The van der Waals surface area contributed by atoms with Gasteiger partial charge in [0.05, 0.1) is 35.6 Å². The molecule has 1 amide bonds. The van der Waals surface area contributed by atoms with E-state index < -0.39 is 0 Å². The van der Waals surface area contributed by atoms with Gasteiger partial charge in [0.2, 0.25) is 0 Å². The van der Waals surface area contributed by atoms with Gasteiger partial charge in [0.1, 0.15) is 6.33 Å². The van der Waals surface area contributed by atoms with Crippen molar-refractivity contribution < 1.29 is 9.63 Å². The summed E-state index contributed by atoms with van der Waals surface area (Å²) in [5, 5.41) is 9.61. The zero-order chi connectivity index (χ0) is 16.8. The normalized spacial score (nSPS) is 12.1. The van der Waals surface area contributed by atoms with Gasteiger partial charge >= 0.3 is 0 Å². The van der Waals surface area contributed by atoms with Crippen molar-refractivity contribution >= 4 is 5.91 Å². The number of amides is 1. The summed E-state index contributed by atoms with van der Waals surface area (Å²) >= 11 is 0. The van der Waals surface area contributed by atoms with E-state index in [0.29, 0.717) is 12.1 Å². The van der Waals surface area contributed by atoms with Crippen LogP contribution >= 0.6 is 0 Å². The highest BCUT2D eigenvalue weighted by Crippen LogP contribution is 2.29. The average Bonchev–Trinajstić information content (AvgIpc) is 3.15. The molecule has 1 aromatic carbocycles. The Kier molecular flexibility index (Phi) is 3.20. The molecule has 0 fully saturated rings. The minimum absolute atomic E-state index is 0.290. The maximum atomic E-state index is 12.6. The molecule has 0 unspecified atom stereocenters. The van der Waals surface area contributed by atoms with Gasteiger partial charge in [0.25, 0.3) is 5.91 Å². The van der Waals surface area contributed by atoms with Gasteiger partial charge < -0.3 is 0 Å². The lowest BCUT2D eigenvalue weighted by Crippen LogP contribution is -2.27. The van der Waals surface area contributed by atoms with Crippen LogP contribution in [0.5, 0.6) is 0 Å². The summed E-state index contributed by atoms with van der Waals surface area (Å²) in [6.45, 7) is 1.91. The van der Waals surface area contributed by atoms with E-state index in [9.17, 15) is 4.79 Å². The Morgan fingerprint density at radius 1 is 1.25 bits per heavy atom. The van der Waals surface area contributed by atoms with Crippen LogP contribution in [0.15, 0.2) is 30.6 Å².